The van der Waals surface area contributed by atoms with E-state index in [1.165, 1.54) is 0 Å². The van der Waals surface area contributed by atoms with Crippen molar-refractivity contribution >= 4 is 13.9 Å². The molecular formula is C8H16OSi. The number of hydrogen-bond donors (Lipinski definition) is 0. The normalized spacial score (nSPS) is 13.5. The maximum Gasteiger partial charge on any atom is 0.151 e. The Labute approximate surface area is 64.1 Å². The van der Waals surface area contributed by atoms with E-state index < -0.39 is 8.07 Å². The van der Waals surface area contributed by atoms with E-state index in [4.69, 9.17) is 0 Å². The molecule has 0 aliphatic rings. The van der Waals surface area contributed by atoms with Crippen LogP contribution in [0.3, 0.4) is 0 Å². The minimum Gasteiger partial charge on any atom is -0.295 e. The number of carbonyl (C=O) groups is 1. The zero-order valence-corrected chi connectivity index (χ0v) is 8.49. The molecule has 0 amide bonds. The topological polar surface area (TPSA) is 17.1 Å². The van der Waals surface area contributed by atoms with Crippen molar-refractivity contribution in [3.8, 4) is 0 Å². The Morgan fingerprint density at radius 1 is 1.30 bits per heavy atom. The number of rotatable bonds is 2. The second kappa shape index (κ2) is 3.15. The van der Waals surface area contributed by atoms with Gasteiger partial charge in [-0.15, -0.1) is 0 Å². The van der Waals surface area contributed by atoms with Gasteiger partial charge in [0.05, 0.1) is 8.07 Å². The van der Waals surface area contributed by atoms with Gasteiger partial charge in [-0.25, -0.2) is 0 Å². The fraction of sp³-hybridized carbons (Fsp3) is 0.625. The third-order valence-corrected chi connectivity index (χ3v) is 3.73. The predicted octanol–water partition coefficient (Wildman–Crippen LogP) is 2.40. The zero-order chi connectivity index (χ0) is 8.36. The van der Waals surface area contributed by atoms with Crippen molar-refractivity contribution in [2.75, 3.05) is 0 Å². The molecular weight excluding hydrogens is 140 g/mol. The maximum atomic E-state index is 11.0. The van der Waals surface area contributed by atoms with Gasteiger partial charge in [0.2, 0.25) is 0 Å². The third-order valence-electron chi connectivity index (χ3n) is 1.48. The highest BCUT2D eigenvalue weighted by atomic mass is 28.3. The van der Waals surface area contributed by atoms with Gasteiger partial charge < -0.3 is 0 Å². The maximum absolute atomic E-state index is 11.0. The second-order valence-electron chi connectivity index (χ2n) is 3.51. The van der Waals surface area contributed by atoms with Crippen molar-refractivity contribution in [3.05, 3.63) is 11.3 Å². The predicted molar refractivity (Wildman–Crippen MR) is 47.8 cm³/mol. The molecule has 0 saturated heterocycles. The van der Waals surface area contributed by atoms with Crippen LogP contribution in [0.4, 0.5) is 0 Å². The van der Waals surface area contributed by atoms with Crippen molar-refractivity contribution in [3.63, 3.8) is 0 Å². The first-order valence-electron chi connectivity index (χ1n) is 3.57. The molecule has 0 N–H and O–H groups in total. The van der Waals surface area contributed by atoms with Crippen molar-refractivity contribution in [2.45, 2.75) is 33.5 Å². The summed E-state index contributed by atoms with van der Waals surface area (Å²) in [5.74, 6) is 0.238. The molecule has 0 bridgehead atoms. The fourth-order valence-corrected chi connectivity index (χ4v) is 3.09. The van der Waals surface area contributed by atoms with Gasteiger partial charge in [-0.2, -0.15) is 0 Å². The summed E-state index contributed by atoms with van der Waals surface area (Å²) in [6.07, 6.45) is 1.95. The highest BCUT2D eigenvalue weighted by Gasteiger charge is 2.21. The lowest BCUT2D eigenvalue weighted by Gasteiger charge is -2.17. The summed E-state index contributed by atoms with van der Waals surface area (Å²) in [6, 6.07) is 0. The van der Waals surface area contributed by atoms with Crippen LogP contribution in [-0.2, 0) is 4.79 Å². The Hall–Kier alpha value is -0.373. The smallest absolute Gasteiger partial charge is 0.151 e. The van der Waals surface area contributed by atoms with Gasteiger partial charge in [-0.05, 0) is 19.0 Å². The SMILES string of the molecule is C/C=C(/C(C)=O)[Si](C)(C)C. The van der Waals surface area contributed by atoms with Crippen molar-refractivity contribution in [1.29, 1.82) is 0 Å². The number of carbonyl (C=O) groups excluding carboxylic acids is 1. The zero-order valence-electron chi connectivity index (χ0n) is 7.49. The number of ketones is 1. The average Bonchev–Trinajstić information content (AvgIpc) is 1.60. The summed E-state index contributed by atoms with van der Waals surface area (Å²) < 4.78 is 0. The number of allylic oxidation sites excluding steroid dienone is 2. The quantitative estimate of drug-likeness (QED) is 0.443. The summed E-state index contributed by atoms with van der Waals surface area (Å²) in [7, 11) is -1.34. The Morgan fingerprint density at radius 2 is 1.70 bits per heavy atom. The van der Waals surface area contributed by atoms with Crippen molar-refractivity contribution < 1.29 is 4.79 Å². The second-order valence-corrected chi connectivity index (χ2v) is 8.55. The van der Waals surface area contributed by atoms with Gasteiger partial charge in [0, 0.05) is 0 Å². The molecule has 0 radical (unpaired) electrons. The van der Waals surface area contributed by atoms with E-state index in [1.54, 1.807) is 6.92 Å². The van der Waals surface area contributed by atoms with Crippen LogP contribution in [0.5, 0.6) is 0 Å². The Kier molecular flexibility index (Phi) is 3.03. The largest absolute Gasteiger partial charge is 0.295 e. The lowest BCUT2D eigenvalue weighted by atomic mass is 10.4. The van der Waals surface area contributed by atoms with Crippen LogP contribution in [-0.4, -0.2) is 13.9 Å². The average molecular weight is 156 g/mol. The molecule has 0 aromatic heterocycles. The first kappa shape index (κ1) is 9.63. The highest BCUT2D eigenvalue weighted by Crippen LogP contribution is 2.14. The van der Waals surface area contributed by atoms with E-state index in [2.05, 4.69) is 19.6 Å². The Bertz CT molecular complexity index is 163. The highest BCUT2D eigenvalue weighted by molar-refractivity contribution is 6.87. The molecule has 0 fully saturated rings. The van der Waals surface area contributed by atoms with E-state index >= 15 is 0 Å². The van der Waals surface area contributed by atoms with Crippen molar-refractivity contribution in [1.82, 2.24) is 0 Å². The molecule has 0 aliphatic carbocycles. The molecule has 0 unspecified atom stereocenters. The standard InChI is InChI=1S/C8H16OSi/c1-6-8(7(2)9)10(3,4)5/h6H,1-5H3/b8-6-. The van der Waals surface area contributed by atoms with Crippen LogP contribution in [0.2, 0.25) is 19.6 Å². The van der Waals surface area contributed by atoms with Gasteiger partial charge >= 0.3 is 0 Å². The Balaban J connectivity index is 4.56. The first-order valence-corrected chi connectivity index (χ1v) is 7.07. The molecule has 0 heterocycles. The molecule has 58 valence electrons. The summed E-state index contributed by atoms with van der Waals surface area (Å²) in [4.78, 5) is 11.0. The van der Waals surface area contributed by atoms with Gasteiger partial charge in [-0.3, -0.25) is 4.79 Å². The molecule has 2 heteroatoms. The van der Waals surface area contributed by atoms with E-state index in [9.17, 15) is 4.79 Å². The van der Waals surface area contributed by atoms with Gasteiger partial charge in [0.25, 0.3) is 0 Å². The molecule has 1 nitrogen and oxygen atoms in total. The van der Waals surface area contributed by atoms with E-state index in [-0.39, 0.29) is 5.78 Å². The van der Waals surface area contributed by atoms with Gasteiger partial charge in [0.1, 0.15) is 0 Å². The van der Waals surface area contributed by atoms with Crippen LogP contribution >= 0.6 is 0 Å². The van der Waals surface area contributed by atoms with Crippen LogP contribution in [0, 0.1) is 0 Å². The number of hydrogen-bond acceptors (Lipinski definition) is 1. The van der Waals surface area contributed by atoms with Crippen LogP contribution in [0.25, 0.3) is 0 Å². The first-order chi connectivity index (χ1) is 4.39. The summed E-state index contributed by atoms with van der Waals surface area (Å²) in [5.41, 5.74) is 0. The molecule has 0 aromatic rings. The fourth-order valence-electron chi connectivity index (χ4n) is 1.16. The molecule has 10 heavy (non-hydrogen) atoms. The molecule has 0 aromatic carbocycles. The lowest BCUT2D eigenvalue weighted by molar-refractivity contribution is -0.113. The van der Waals surface area contributed by atoms with E-state index in [1.807, 2.05) is 13.0 Å². The molecule has 0 aliphatic heterocycles. The molecule has 0 saturated carbocycles. The van der Waals surface area contributed by atoms with Gasteiger partial charge in [-0.1, -0.05) is 25.7 Å². The summed E-state index contributed by atoms with van der Waals surface area (Å²) in [6.45, 7) is 10.1. The number of Topliss-reactive ketones (excluding diaryl/α,β-unsaturated/α-hetero) is 1. The summed E-state index contributed by atoms with van der Waals surface area (Å²) in [5, 5.41) is 1.05. The van der Waals surface area contributed by atoms with Gasteiger partial charge in [0.15, 0.2) is 5.78 Å². The third kappa shape index (κ3) is 2.48. The monoisotopic (exact) mass is 156 g/mol. The Morgan fingerprint density at radius 3 is 1.70 bits per heavy atom. The minimum absolute atomic E-state index is 0.238. The lowest BCUT2D eigenvalue weighted by Crippen LogP contribution is -2.28. The molecule has 0 atom stereocenters. The van der Waals surface area contributed by atoms with Crippen LogP contribution in [0.1, 0.15) is 13.8 Å². The molecule has 0 spiro atoms. The molecule has 0 rings (SSSR count). The van der Waals surface area contributed by atoms with E-state index in [0.29, 0.717) is 0 Å². The minimum atomic E-state index is -1.34. The van der Waals surface area contributed by atoms with Crippen molar-refractivity contribution in [2.24, 2.45) is 0 Å². The van der Waals surface area contributed by atoms with E-state index in [0.717, 1.165) is 5.20 Å². The van der Waals surface area contributed by atoms with Crippen LogP contribution in [0.15, 0.2) is 11.3 Å². The van der Waals surface area contributed by atoms with Crippen LogP contribution < -0.4 is 0 Å². The summed E-state index contributed by atoms with van der Waals surface area (Å²) >= 11 is 0.